The van der Waals surface area contributed by atoms with E-state index < -0.39 is 0 Å². The van der Waals surface area contributed by atoms with E-state index >= 15 is 0 Å². The lowest BCUT2D eigenvalue weighted by atomic mass is 10.1. The molecule has 3 aromatic heterocycles. The molecule has 0 aliphatic heterocycles. The zero-order chi connectivity index (χ0) is 18.0. The molecule has 0 aliphatic rings. The second-order valence-corrected chi connectivity index (χ2v) is 7.32. The van der Waals surface area contributed by atoms with Crippen LogP contribution >= 0.6 is 11.3 Å². The molecule has 3 aromatic rings. The second kappa shape index (κ2) is 7.19. The molecule has 0 saturated heterocycles. The summed E-state index contributed by atoms with van der Waals surface area (Å²) in [5, 5.41) is 7.24. The monoisotopic (exact) mass is 354 g/mol. The van der Waals surface area contributed by atoms with E-state index in [0.717, 1.165) is 21.6 Å². The zero-order valence-electron chi connectivity index (χ0n) is 14.8. The first-order valence-corrected chi connectivity index (χ1v) is 9.16. The first-order chi connectivity index (χ1) is 12.0. The van der Waals surface area contributed by atoms with Gasteiger partial charge in [-0.2, -0.15) is 5.10 Å². The van der Waals surface area contributed by atoms with Crippen LogP contribution in [0.4, 0.5) is 0 Å². The van der Waals surface area contributed by atoms with Crippen molar-refractivity contribution >= 4 is 28.3 Å². The Morgan fingerprint density at radius 2 is 2.28 bits per heavy atom. The number of hydrogen-bond acceptors (Lipinski definition) is 4. The third kappa shape index (κ3) is 3.49. The molecule has 1 amide bonds. The minimum atomic E-state index is -0.0212. The molecule has 0 bridgehead atoms. The molecule has 130 valence electrons. The number of aryl methyl sites for hydroxylation is 1. The van der Waals surface area contributed by atoms with Crippen molar-refractivity contribution in [3.63, 3.8) is 0 Å². The zero-order valence-corrected chi connectivity index (χ0v) is 15.6. The second-order valence-electron chi connectivity index (χ2n) is 6.29. The number of fused-ring (bicyclic) bond motifs is 1. The molecule has 0 spiro atoms. The smallest absolute Gasteiger partial charge is 0.255 e. The van der Waals surface area contributed by atoms with Crippen LogP contribution in [0.15, 0.2) is 42.4 Å². The maximum atomic E-state index is 13.2. The quantitative estimate of drug-likeness (QED) is 0.623. The minimum Gasteiger partial charge on any atom is -0.330 e. The molecule has 3 heterocycles. The van der Waals surface area contributed by atoms with Gasteiger partial charge in [0, 0.05) is 23.2 Å². The van der Waals surface area contributed by atoms with Crippen molar-refractivity contribution in [2.75, 3.05) is 6.54 Å². The van der Waals surface area contributed by atoms with Gasteiger partial charge >= 0.3 is 0 Å². The molecule has 0 radical (unpaired) electrons. The first kappa shape index (κ1) is 17.4. The predicted molar refractivity (Wildman–Crippen MR) is 102 cm³/mol. The number of carbonyl (C=O) groups excluding carboxylic acids is 1. The summed E-state index contributed by atoms with van der Waals surface area (Å²) in [6.07, 6.45) is 3.50. The van der Waals surface area contributed by atoms with E-state index in [0.29, 0.717) is 18.7 Å². The van der Waals surface area contributed by atoms with Crippen molar-refractivity contribution in [1.82, 2.24) is 19.7 Å². The Morgan fingerprint density at radius 1 is 1.48 bits per heavy atom. The normalized spacial score (nSPS) is 11.2. The average Bonchev–Trinajstić information content (AvgIpc) is 3.22. The topological polar surface area (TPSA) is 51.0 Å². The number of rotatable bonds is 6. The SMILES string of the molecule is C=CCN(Cc1cccs1)C(=O)c1cc(C)nc2c1cnn2C(C)C. The number of carbonyl (C=O) groups is 1. The lowest BCUT2D eigenvalue weighted by Crippen LogP contribution is -2.30. The van der Waals surface area contributed by atoms with E-state index in [1.165, 1.54) is 0 Å². The van der Waals surface area contributed by atoms with Gasteiger partial charge in [-0.25, -0.2) is 9.67 Å². The van der Waals surface area contributed by atoms with Gasteiger partial charge in [-0.15, -0.1) is 17.9 Å². The summed E-state index contributed by atoms with van der Waals surface area (Å²) in [6, 6.07) is 6.07. The molecule has 0 unspecified atom stereocenters. The number of amides is 1. The van der Waals surface area contributed by atoms with E-state index in [1.807, 2.05) is 35.2 Å². The fourth-order valence-corrected chi connectivity index (χ4v) is 3.55. The number of aromatic nitrogens is 3. The fourth-order valence-electron chi connectivity index (χ4n) is 2.83. The molecule has 0 aliphatic carbocycles. The number of pyridine rings is 1. The molecule has 0 N–H and O–H groups in total. The Balaban J connectivity index is 2.03. The minimum absolute atomic E-state index is 0.0212. The summed E-state index contributed by atoms with van der Waals surface area (Å²) in [4.78, 5) is 20.8. The Labute approximate surface area is 151 Å². The lowest BCUT2D eigenvalue weighted by molar-refractivity contribution is 0.0766. The van der Waals surface area contributed by atoms with E-state index in [4.69, 9.17) is 0 Å². The highest BCUT2D eigenvalue weighted by Crippen LogP contribution is 2.23. The highest BCUT2D eigenvalue weighted by molar-refractivity contribution is 7.09. The van der Waals surface area contributed by atoms with Crippen LogP contribution in [0.1, 0.15) is 40.8 Å². The molecule has 0 saturated carbocycles. The fraction of sp³-hybridized carbons (Fsp3) is 0.316. The summed E-state index contributed by atoms with van der Waals surface area (Å²) in [7, 11) is 0. The van der Waals surface area contributed by atoms with Gasteiger partial charge in [0.05, 0.1) is 23.7 Å². The van der Waals surface area contributed by atoms with Gasteiger partial charge in [0.15, 0.2) is 5.65 Å². The van der Waals surface area contributed by atoms with Gasteiger partial charge in [0.2, 0.25) is 0 Å². The Bertz CT molecular complexity index is 896. The molecule has 0 fully saturated rings. The van der Waals surface area contributed by atoms with Crippen molar-refractivity contribution in [2.45, 2.75) is 33.4 Å². The third-order valence-electron chi connectivity index (χ3n) is 3.98. The largest absolute Gasteiger partial charge is 0.330 e. The first-order valence-electron chi connectivity index (χ1n) is 8.28. The Hall–Kier alpha value is -2.47. The molecule has 5 nitrogen and oxygen atoms in total. The highest BCUT2D eigenvalue weighted by Gasteiger charge is 2.21. The molecule has 6 heteroatoms. The van der Waals surface area contributed by atoms with Crippen LogP contribution < -0.4 is 0 Å². The summed E-state index contributed by atoms with van der Waals surface area (Å²) in [5.41, 5.74) is 2.22. The van der Waals surface area contributed by atoms with Crippen LogP contribution in [-0.4, -0.2) is 32.1 Å². The van der Waals surface area contributed by atoms with Crippen LogP contribution in [0, 0.1) is 6.92 Å². The van der Waals surface area contributed by atoms with Crippen molar-refractivity contribution in [3.05, 3.63) is 58.6 Å². The van der Waals surface area contributed by atoms with Gasteiger partial charge in [-0.05, 0) is 38.3 Å². The van der Waals surface area contributed by atoms with Crippen molar-refractivity contribution in [3.8, 4) is 0 Å². The molecule has 0 aromatic carbocycles. The molecular weight excluding hydrogens is 332 g/mol. The molecular formula is C19H22N4OS. The summed E-state index contributed by atoms with van der Waals surface area (Å²) in [5.74, 6) is -0.0212. The predicted octanol–water partition coefficient (Wildman–Crippen LogP) is 4.21. The van der Waals surface area contributed by atoms with E-state index in [-0.39, 0.29) is 11.9 Å². The number of nitrogens with zero attached hydrogens (tertiary/aromatic N) is 4. The maximum absolute atomic E-state index is 13.2. The molecule has 25 heavy (non-hydrogen) atoms. The van der Waals surface area contributed by atoms with Gasteiger partial charge in [0.25, 0.3) is 5.91 Å². The van der Waals surface area contributed by atoms with Crippen LogP contribution in [0.25, 0.3) is 11.0 Å². The molecule has 0 atom stereocenters. The van der Waals surface area contributed by atoms with E-state index in [9.17, 15) is 4.79 Å². The maximum Gasteiger partial charge on any atom is 0.255 e. The van der Waals surface area contributed by atoms with Crippen molar-refractivity contribution in [2.24, 2.45) is 0 Å². The van der Waals surface area contributed by atoms with Gasteiger partial charge in [-0.3, -0.25) is 4.79 Å². The Kier molecular flexibility index (Phi) is 4.99. The van der Waals surface area contributed by atoms with Crippen LogP contribution in [0.5, 0.6) is 0 Å². The summed E-state index contributed by atoms with van der Waals surface area (Å²) >= 11 is 1.65. The number of hydrogen-bond donors (Lipinski definition) is 0. The van der Waals surface area contributed by atoms with Gasteiger partial charge < -0.3 is 4.90 Å². The molecule has 3 rings (SSSR count). The summed E-state index contributed by atoms with van der Waals surface area (Å²) in [6.45, 7) is 10.9. The number of thiophene rings is 1. The van der Waals surface area contributed by atoms with Crippen LogP contribution in [0.2, 0.25) is 0 Å². The average molecular weight is 354 g/mol. The van der Waals surface area contributed by atoms with Crippen molar-refractivity contribution < 1.29 is 4.79 Å². The summed E-state index contributed by atoms with van der Waals surface area (Å²) < 4.78 is 1.86. The standard InChI is InChI=1S/C19H22N4OS/c1-5-8-22(12-15-7-6-9-25-15)19(24)16-10-14(4)21-18-17(16)11-20-23(18)13(2)3/h5-7,9-11,13H,1,8,12H2,2-4H3. The van der Waals surface area contributed by atoms with Crippen LogP contribution in [0.3, 0.4) is 0 Å². The lowest BCUT2D eigenvalue weighted by Gasteiger charge is -2.21. The van der Waals surface area contributed by atoms with Gasteiger partial charge in [0.1, 0.15) is 0 Å². The highest BCUT2D eigenvalue weighted by atomic mass is 32.1. The Morgan fingerprint density at radius 3 is 2.92 bits per heavy atom. The van der Waals surface area contributed by atoms with Crippen LogP contribution in [-0.2, 0) is 6.54 Å². The van der Waals surface area contributed by atoms with Gasteiger partial charge in [-0.1, -0.05) is 12.1 Å². The van der Waals surface area contributed by atoms with E-state index in [1.54, 1.807) is 28.5 Å². The van der Waals surface area contributed by atoms with Crippen molar-refractivity contribution in [1.29, 1.82) is 0 Å². The van der Waals surface area contributed by atoms with E-state index in [2.05, 4.69) is 30.5 Å². The third-order valence-corrected chi connectivity index (χ3v) is 4.84.